The number of benzene rings is 1. The third-order valence-corrected chi connectivity index (χ3v) is 4.24. The number of rotatable bonds is 5. The molecule has 0 heterocycles. The van der Waals surface area contributed by atoms with E-state index in [4.69, 9.17) is 20.7 Å². The molecule has 0 amide bonds. The van der Waals surface area contributed by atoms with Crippen LogP contribution in [0.1, 0.15) is 38.7 Å². The lowest BCUT2D eigenvalue weighted by atomic mass is 9.98. The molecule has 0 bridgehead atoms. The molecule has 0 saturated heterocycles. The molecular weight excluding hydrogens is 286 g/mol. The highest BCUT2D eigenvalue weighted by molar-refractivity contribution is 8.13. The van der Waals surface area contributed by atoms with Crippen molar-refractivity contribution in [2.75, 3.05) is 0 Å². The van der Waals surface area contributed by atoms with E-state index in [0.29, 0.717) is 5.75 Å². The molecule has 0 N–H and O–H groups in total. The summed E-state index contributed by atoms with van der Waals surface area (Å²) in [6, 6.07) is 6.41. The Kier molecular flexibility index (Phi) is 5.21. The Balaban J connectivity index is 3.29. The number of hydrogen-bond acceptors (Lipinski definition) is 4. The van der Waals surface area contributed by atoms with E-state index in [1.165, 1.54) is 12.1 Å². The van der Waals surface area contributed by atoms with Crippen molar-refractivity contribution in [2.45, 2.75) is 44.1 Å². The number of halogens is 1. The second-order valence-electron chi connectivity index (χ2n) is 4.34. The topological polar surface area (TPSA) is 67.2 Å². The van der Waals surface area contributed by atoms with Gasteiger partial charge in [-0.15, -0.1) is 0 Å². The van der Waals surface area contributed by atoms with Crippen molar-refractivity contribution in [2.24, 2.45) is 0 Å². The van der Waals surface area contributed by atoms with Crippen LogP contribution in [0.3, 0.4) is 0 Å². The Hall–Kier alpha value is -1.25. The molecule has 0 aliphatic heterocycles. The lowest BCUT2D eigenvalue weighted by Crippen LogP contribution is -2.11. The Morgan fingerprint density at radius 3 is 2.53 bits per heavy atom. The van der Waals surface area contributed by atoms with Crippen LogP contribution in [0.25, 0.3) is 0 Å². The van der Waals surface area contributed by atoms with E-state index < -0.39 is 15.2 Å². The molecule has 4 nitrogen and oxygen atoms in total. The predicted octanol–water partition coefficient (Wildman–Crippen LogP) is 3.42. The van der Waals surface area contributed by atoms with Gasteiger partial charge in [-0.2, -0.15) is 5.26 Å². The van der Waals surface area contributed by atoms with E-state index in [1.807, 2.05) is 19.9 Å². The van der Waals surface area contributed by atoms with E-state index in [9.17, 15) is 8.42 Å². The van der Waals surface area contributed by atoms with Crippen molar-refractivity contribution in [1.82, 2.24) is 0 Å². The summed E-state index contributed by atoms with van der Waals surface area (Å²) in [7, 11) is 1.58. The molecule has 1 aromatic carbocycles. The maximum atomic E-state index is 11.4. The van der Waals surface area contributed by atoms with Crippen LogP contribution >= 0.6 is 10.7 Å². The van der Waals surface area contributed by atoms with Crippen molar-refractivity contribution in [1.29, 1.82) is 5.26 Å². The largest absolute Gasteiger partial charge is 0.476 e. The van der Waals surface area contributed by atoms with Crippen molar-refractivity contribution < 1.29 is 13.2 Å². The highest BCUT2D eigenvalue weighted by Crippen LogP contribution is 2.32. The predicted molar refractivity (Wildman–Crippen MR) is 73.9 cm³/mol. The quantitative estimate of drug-likeness (QED) is 0.782. The third kappa shape index (κ3) is 4.12. The minimum Gasteiger partial charge on any atom is -0.476 e. The Labute approximate surface area is 118 Å². The molecule has 0 aliphatic carbocycles. The summed E-state index contributed by atoms with van der Waals surface area (Å²) >= 11 is 0. The third-order valence-electron chi connectivity index (χ3n) is 2.89. The molecule has 0 aliphatic rings. The van der Waals surface area contributed by atoms with Gasteiger partial charge in [-0.1, -0.05) is 13.8 Å². The van der Waals surface area contributed by atoms with Gasteiger partial charge in [-0.05, 0) is 43.0 Å². The van der Waals surface area contributed by atoms with Gasteiger partial charge in [0.05, 0.1) is 4.90 Å². The SMILES string of the molecule is CCC(C)c1cc(S(=O)(=O)Cl)ccc1OC(C)C#N. The first kappa shape index (κ1) is 15.8. The molecule has 0 aromatic heterocycles. The minimum atomic E-state index is -3.77. The molecule has 1 aromatic rings. The summed E-state index contributed by atoms with van der Waals surface area (Å²) in [4.78, 5) is 0.0430. The first-order valence-electron chi connectivity index (χ1n) is 5.94. The van der Waals surface area contributed by atoms with Crippen LogP contribution in [0, 0.1) is 11.3 Å². The van der Waals surface area contributed by atoms with Gasteiger partial charge in [0.1, 0.15) is 11.8 Å². The zero-order valence-electron chi connectivity index (χ0n) is 11.1. The molecule has 0 fully saturated rings. The Morgan fingerprint density at radius 1 is 1.42 bits per heavy atom. The second-order valence-corrected chi connectivity index (χ2v) is 6.90. The first-order chi connectivity index (χ1) is 8.79. The second kappa shape index (κ2) is 6.27. The van der Waals surface area contributed by atoms with E-state index in [2.05, 4.69) is 0 Å². The molecule has 0 radical (unpaired) electrons. The van der Waals surface area contributed by atoms with Crippen LogP contribution in [0.2, 0.25) is 0 Å². The zero-order chi connectivity index (χ0) is 14.6. The average Bonchev–Trinajstić information content (AvgIpc) is 2.36. The Morgan fingerprint density at radius 2 is 2.05 bits per heavy atom. The highest BCUT2D eigenvalue weighted by atomic mass is 35.7. The van der Waals surface area contributed by atoms with E-state index in [1.54, 1.807) is 13.0 Å². The molecule has 1 rings (SSSR count). The first-order valence-corrected chi connectivity index (χ1v) is 8.25. The summed E-state index contributed by atoms with van der Waals surface area (Å²) in [5.41, 5.74) is 0.742. The van der Waals surface area contributed by atoms with Crippen molar-refractivity contribution in [3.8, 4) is 11.8 Å². The number of hydrogen-bond donors (Lipinski definition) is 0. The summed E-state index contributed by atoms with van der Waals surface area (Å²) < 4.78 is 28.2. The molecule has 19 heavy (non-hydrogen) atoms. The summed E-state index contributed by atoms with van der Waals surface area (Å²) in [6.45, 7) is 5.58. The van der Waals surface area contributed by atoms with E-state index in [0.717, 1.165) is 12.0 Å². The van der Waals surface area contributed by atoms with Gasteiger partial charge < -0.3 is 4.74 Å². The fourth-order valence-electron chi connectivity index (χ4n) is 1.61. The maximum Gasteiger partial charge on any atom is 0.261 e. The maximum absolute atomic E-state index is 11.4. The fraction of sp³-hybridized carbons (Fsp3) is 0.462. The van der Waals surface area contributed by atoms with Crippen LogP contribution in [0.15, 0.2) is 23.1 Å². The van der Waals surface area contributed by atoms with Crippen LogP contribution < -0.4 is 4.74 Å². The summed E-state index contributed by atoms with van der Waals surface area (Å²) in [5, 5.41) is 8.77. The van der Waals surface area contributed by atoms with Gasteiger partial charge in [0.2, 0.25) is 0 Å². The van der Waals surface area contributed by atoms with Gasteiger partial charge in [0, 0.05) is 10.7 Å². The summed E-state index contributed by atoms with van der Waals surface area (Å²) in [6.07, 6.45) is 0.226. The highest BCUT2D eigenvalue weighted by Gasteiger charge is 2.18. The lowest BCUT2D eigenvalue weighted by molar-refractivity contribution is 0.272. The van der Waals surface area contributed by atoms with Gasteiger partial charge in [0.15, 0.2) is 6.10 Å². The van der Waals surface area contributed by atoms with Crippen molar-refractivity contribution in [3.63, 3.8) is 0 Å². The Bertz CT molecular complexity index is 592. The summed E-state index contributed by atoms with van der Waals surface area (Å²) in [5.74, 6) is 0.631. The van der Waals surface area contributed by atoms with E-state index in [-0.39, 0.29) is 10.8 Å². The smallest absolute Gasteiger partial charge is 0.261 e. The van der Waals surface area contributed by atoms with E-state index >= 15 is 0 Å². The van der Waals surface area contributed by atoms with Gasteiger partial charge >= 0.3 is 0 Å². The zero-order valence-corrected chi connectivity index (χ0v) is 12.6. The van der Waals surface area contributed by atoms with Gasteiger partial charge in [0.25, 0.3) is 9.05 Å². The van der Waals surface area contributed by atoms with Crippen LogP contribution in [0.4, 0.5) is 0 Å². The molecule has 2 atom stereocenters. The van der Waals surface area contributed by atoms with Crippen LogP contribution in [0.5, 0.6) is 5.75 Å². The van der Waals surface area contributed by atoms with Crippen molar-refractivity contribution >= 4 is 19.7 Å². The molecular formula is C13H16ClNO3S. The number of ether oxygens (including phenoxy) is 1. The van der Waals surface area contributed by atoms with Gasteiger partial charge in [-0.25, -0.2) is 8.42 Å². The fourth-order valence-corrected chi connectivity index (χ4v) is 2.39. The standard InChI is InChI=1S/C13H16ClNO3S/c1-4-9(2)12-7-11(19(14,16)17)5-6-13(12)18-10(3)8-15/h5-7,9-10H,4H2,1-3H3. The molecule has 2 unspecified atom stereocenters. The normalized spacial score (nSPS) is 14.5. The lowest BCUT2D eigenvalue weighted by Gasteiger charge is -2.17. The minimum absolute atomic E-state index is 0.0430. The number of nitrogens with zero attached hydrogens (tertiary/aromatic N) is 1. The average molecular weight is 302 g/mol. The molecule has 0 spiro atoms. The molecule has 6 heteroatoms. The van der Waals surface area contributed by atoms with Crippen LogP contribution in [-0.4, -0.2) is 14.5 Å². The van der Waals surface area contributed by atoms with Gasteiger partial charge in [-0.3, -0.25) is 0 Å². The van der Waals surface area contributed by atoms with Crippen molar-refractivity contribution in [3.05, 3.63) is 23.8 Å². The monoisotopic (exact) mass is 301 g/mol. The molecule has 104 valence electrons. The van der Waals surface area contributed by atoms with Crippen LogP contribution in [-0.2, 0) is 9.05 Å². The molecule has 0 saturated carbocycles. The number of nitriles is 1.